The molecule has 0 spiro atoms. The highest BCUT2D eigenvalue weighted by Crippen LogP contribution is 2.52. The van der Waals surface area contributed by atoms with E-state index in [0.717, 1.165) is 16.6 Å². The van der Waals surface area contributed by atoms with Crippen molar-refractivity contribution in [3.05, 3.63) is 35.3 Å². The minimum absolute atomic E-state index is 0.0350. The zero-order valence-electron chi connectivity index (χ0n) is 24.3. The maximum absolute atomic E-state index is 14.3. The smallest absolute Gasteiger partial charge is 0.421 e. The summed E-state index contributed by atoms with van der Waals surface area (Å²) in [5.41, 5.74) is -2.72. The van der Waals surface area contributed by atoms with Gasteiger partial charge in [-0.3, -0.25) is 9.48 Å². The summed E-state index contributed by atoms with van der Waals surface area (Å²) in [6.07, 6.45) is 0.0140. The second-order valence-corrected chi connectivity index (χ2v) is 13.7. The number of amides is 2. The van der Waals surface area contributed by atoms with E-state index in [1.165, 1.54) is 29.6 Å². The number of aromatic nitrogens is 3. The first kappa shape index (κ1) is 31.7. The lowest BCUT2D eigenvalue weighted by molar-refractivity contribution is -0.160. The highest BCUT2D eigenvalue weighted by atomic mass is 32.2. The molecule has 40 heavy (non-hydrogen) atoms. The van der Waals surface area contributed by atoms with Crippen molar-refractivity contribution in [1.82, 2.24) is 19.1 Å². The molecule has 0 unspecified atom stereocenters. The van der Waals surface area contributed by atoms with Gasteiger partial charge in [0, 0.05) is 61.2 Å². The molecule has 13 heteroatoms. The van der Waals surface area contributed by atoms with Gasteiger partial charge in [0.25, 0.3) is 11.8 Å². The van der Waals surface area contributed by atoms with Gasteiger partial charge in [-0.1, -0.05) is 6.92 Å². The maximum Gasteiger partial charge on any atom is 0.421 e. The van der Waals surface area contributed by atoms with Gasteiger partial charge in [0.05, 0.1) is 0 Å². The van der Waals surface area contributed by atoms with Crippen LogP contribution in [0.5, 0.6) is 0 Å². The topological polar surface area (TPSA) is 89.4 Å². The second kappa shape index (κ2) is 10.5. The molecule has 2 aromatic heterocycles. The molecule has 222 valence electrons. The van der Waals surface area contributed by atoms with Crippen molar-refractivity contribution in [3.63, 3.8) is 0 Å². The molecular formula is C27H37F4N5O3S. The third-order valence-electron chi connectivity index (χ3n) is 6.07. The number of nitrogens with zero attached hydrogens (tertiary/aromatic N) is 4. The summed E-state index contributed by atoms with van der Waals surface area (Å²) in [4.78, 5) is 30.5. The highest BCUT2D eigenvalue weighted by molar-refractivity contribution is 7.97. The molecule has 2 heterocycles. The zero-order valence-corrected chi connectivity index (χ0v) is 25.1. The number of rotatable bonds is 7. The van der Waals surface area contributed by atoms with Crippen LogP contribution in [-0.4, -0.2) is 48.1 Å². The van der Waals surface area contributed by atoms with Gasteiger partial charge in [-0.25, -0.2) is 22.9 Å². The molecule has 0 saturated heterocycles. The first-order valence-electron chi connectivity index (χ1n) is 12.8. The SMILES string of the molecule is Cc1c(C(C)(F)F)nn(CC2(C)CC(F)(F)C2)c1C(=O)Nc1ccnc(SN(C(=O)OC(C)(C)C)C(C)(C)C)c1. The number of hydrogen-bond acceptors (Lipinski definition) is 6. The van der Waals surface area contributed by atoms with Crippen molar-refractivity contribution in [1.29, 1.82) is 0 Å². The molecule has 2 amide bonds. The Hall–Kier alpha value is -2.83. The number of hydrogen-bond donors (Lipinski definition) is 1. The molecule has 1 saturated carbocycles. The van der Waals surface area contributed by atoms with Crippen molar-refractivity contribution < 1.29 is 31.9 Å². The number of nitrogens with one attached hydrogen (secondary N) is 1. The number of halogens is 4. The predicted molar refractivity (Wildman–Crippen MR) is 145 cm³/mol. The summed E-state index contributed by atoms with van der Waals surface area (Å²) in [5.74, 6) is -6.90. The quantitative estimate of drug-likeness (QED) is 0.268. The van der Waals surface area contributed by atoms with E-state index in [1.807, 2.05) is 20.8 Å². The lowest BCUT2D eigenvalue weighted by atomic mass is 9.67. The predicted octanol–water partition coefficient (Wildman–Crippen LogP) is 7.43. The van der Waals surface area contributed by atoms with Crippen LogP contribution in [0, 0.1) is 12.3 Å². The minimum atomic E-state index is -3.34. The van der Waals surface area contributed by atoms with Gasteiger partial charge in [0.2, 0.25) is 5.92 Å². The average molecular weight is 588 g/mol. The molecule has 1 fully saturated rings. The minimum Gasteiger partial charge on any atom is -0.443 e. The van der Waals surface area contributed by atoms with Crippen LogP contribution in [0.25, 0.3) is 0 Å². The molecule has 0 atom stereocenters. The van der Waals surface area contributed by atoms with Gasteiger partial charge in [-0.05, 0) is 66.0 Å². The molecule has 0 bridgehead atoms. The van der Waals surface area contributed by atoms with Gasteiger partial charge in [-0.15, -0.1) is 0 Å². The summed E-state index contributed by atoms with van der Waals surface area (Å²) in [6.45, 7) is 14.3. The lowest BCUT2D eigenvalue weighted by Crippen LogP contribution is -2.47. The van der Waals surface area contributed by atoms with Crippen LogP contribution < -0.4 is 5.32 Å². The summed E-state index contributed by atoms with van der Waals surface area (Å²) in [5, 5.41) is 7.03. The molecule has 0 aliphatic heterocycles. The van der Waals surface area contributed by atoms with E-state index in [9.17, 15) is 27.2 Å². The summed E-state index contributed by atoms with van der Waals surface area (Å²) >= 11 is 1.02. The monoisotopic (exact) mass is 587 g/mol. The van der Waals surface area contributed by atoms with E-state index in [2.05, 4.69) is 15.4 Å². The van der Waals surface area contributed by atoms with E-state index in [-0.39, 0.29) is 17.8 Å². The Balaban J connectivity index is 1.88. The number of carbonyl (C=O) groups excluding carboxylic acids is 2. The van der Waals surface area contributed by atoms with Gasteiger partial charge in [-0.2, -0.15) is 13.9 Å². The van der Waals surface area contributed by atoms with Crippen LogP contribution in [0.3, 0.4) is 0 Å². The Bertz CT molecular complexity index is 1270. The molecule has 0 aromatic carbocycles. The van der Waals surface area contributed by atoms with Gasteiger partial charge in [0.15, 0.2) is 0 Å². The Labute approximate surface area is 236 Å². The molecule has 1 aliphatic carbocycles. The second-order valence-electron chi connectivity index (χ2n) is 12.8. The van der Waals surface area contributed by atoms with Crippen molar-refractivity contribution >= 4 is 29.6 Å². The fourth-order valence-electron chi connectivity index (χ4n) is 4.61. The van der Waals surface area contributed by atoms with Crippen LogP contribution in [0.1, 0.15) is 90.0 Å². The number of carbonyl (C=O) groups is 2. The first-order valence-corrected chi connectivity index (χ1v) is 13.6. The molecule has 8 nitrogen and oxygen atoms in total. The van der Waals surface area contributed by atoms with Crippen LogP contribution in [0.2, 0.25) is 0 Å². The number of anilines is 1. The van der Waals surface area contributed by atoms with Gasteiger partial charge >= 0.3 is 6.09 Å². The molecule has 2 aromatic rings. The van der Waals surface area contributed by atoms with E-state index in [4.69, 9.17) is 4.74 Å². The standard InChI is InChI=1S/C27H37F4N5O3S/c1-16-19(35(34-20(16)26(9,28)29)15-25(8)13-27(30,31)14-25)21(37)33-17-10-11-32-18(12-17)40-36(23(2,3)4)22(38)39-24(5,6)7/h10-12H,13-15H2,1-9H3,(H,32,33,37). The van der Waals surface area contributed by atoms with E-state index < -0.39 is 58.9 Å². The molecule has 1 aliphatic rings. The highest BCUT2D eigenvalue weighted by Gasteiger charge is 2.54. The number of alkyl halides is 4. The molecular weight excluding hydrogens is 550 g/mol. The van der Waals surface area contributed by atoms with Crippen LogP contribution in [-0.2, 0) is 17.2 Å². The van der Waals surface area contributed by atoms with Crippen molar-refractivity contribution in [2.75, 3.05) is 5.32 Å². The summed E-state index contributed by atoms with van der Waals surface area (Å²) < 4.78 is 63.9. The Kier molecular flexibility index (Phi) is 8.35. The molecule has 3 rings (SSSR count). The van der Waals surface area contributed by atoms with E-state index >= 15 is 0 Å². The Morgan fingerprint density at radius 3 is 2.25 bits per heavy atom. The third kappa shape index (κ3) is 7.67. The fourth-order valence-corrected chi connectivity index (χ4v) is 5.47. The fraction of sp³-hybridized carbons (Fsp3) is 0.630. The Morgan fingerprint density at radius 1 is 1.15 bits per heavy atom. The summed E-state index contributed by atoms with van der Waals surface area (Å²) in [7, 11) is 0. The van der Waals surface area contributed by atoms with Crippen LogP contribution in [0.15, 0.2) is 23.4 Å². The van der Waals surface area contributed by atoms with E-state index in [0.29, 0.717) is 17.6 Å². The van der Waals surface area contributed by atoms with Gasteiger partial charge < -0.3 is 10.1 Å². The molecule has 1 N–H and O–H groups in total. The largest absolute Gasteiger partial charge is 0.443 e. The van der Waals surface area contributed by atoms with Crippen molar-refractivity contribution in [2.24, 2.45) is 5.41 Å². The van der Waals surface area contributed by atoms with Crippen LogP contribution >= 0.6 is 11.9 Å². The number of pyridine rings is 1. The normalized spacial score (nSPS) is 16.7. The number of ether oxygens (including phenoxy) is 1. The maximum atomic E-state index is 14.3. The zero-order chi connectivity index (χ0) is 30.5. The third-order valence-corrected chi connectivity index (χ3v) is 7.36. The lowest BCUT2D eigenvalue weighted by Gasteiger charge is -2.44. The van der Waals surface area contributed by atoms with Crippen molar-refractivity contribution in [2.45, 2.75) is 110 Å². The van der Waals surface area contributed by atoms with Gasteiger partial charge in [0.1, 0.15) is 22.0 Å². The first-order chi connectivity index (χ1) is 18.0. The molecule has 0 radical (unpaired) electrons. The summed E-state index contributed by atoms with van der Waals surface area (Å²) in [6, 6.07) is 3.04. The Morgan fingerprint density at radius 2 is 1.75 bits per heavy atom. The van der Waals surface area contributed by atoms with Crippen molar-refractivity contribution in [3.8, 4) is 0 Å². The van der Waals surface area contributed by atoms with Crippen LogP contribution in [0.4, 0.5) is 28.0 Å². The average Bonchev–Trinajstić information content (AvgIpc) is 3.04. The van der Waals surface area contributed by atoms with E-state index in [1.54, 1.807) is 27.7 Å².